The summed E-state index contributed by atoms with van der Waals surface area (Å²) in [7, 11) is 0. The fourth-order valence-corrected chi connectivity index (χ4v) is 0.139. The summed E-state index contributed by atoms with van der Waals surface area (Å²) in [6.45, 7) is 4.99. The van der Waals surface area contributed by atoms with E-state index in [1.54, 1.807) is 0 Å². The number of halogens is 1. The van der Waals surface area contributed by atoms with Gasteiger partial charge in [0.1, 0.15) is 0 Å². The zero-order valence-electron chi connectivity index (χ0n) is 5.72. The molecule has 0 aromatic heterocycles. The first-order valence-corrected chi connectivity index (χ1v) is 2.66. The lowest BCUT2D eigenvalue weighted by atomic mass is 10.8. The minimum atomic E-state index is -1.72. The Bertz CT molecular complexity index is 72.6. The van der Waals surface area contributed by atoms with Crippen LogP contribution in [-0.4, -0.2) is 17.6 Å². The lowest BCUT2D eigenvalue weighted by Gasteiger charge is -1.95. The molecule has 0 saturated heterocycles. The zero-order chi connectivity index (χ0) is 7.86. The second-order valence-corrected chi connectivity index (χ2v) is 0.927. The molecular weight excluding hydrogens is 127 g/mol. The first-order valence-electron chi connectivity index (χ1n) is 2.66. The topological polar surface area (TPSA) is 46.5 Å². The largest absolute Gasteiger partial charge is 0.508 e. The number of alkyl halides is 1. The molecule has 0 rings (SSSR count). The van der Waals surface area contributed by atoms with Gasteiger partial charge in [0.05, 0.1) is 0 Å². The number of hydrogen-bond acceptors (Lipinski definition) is 2. The number of rotatable bonds is 1. The maximum Gasteiger partial charge on any atom is 0.508 e. The zero-order valence-corrected chi connectivity index (χ0v) is 5.72. The predicted octanol–water partition coefficient (Wildman–Crippen LogP) is 2.02. The smallest absolute Gasteiger partial charge is 0.450 e. The lowest BCUT2D eigenvalue weighted by molar-refractivity contribution is -0.00280. The van der Waals surface area contributed by atoms with Crippen molar-refractivity contribution in [3.05, 3.63) is 0 Å². The van der Waals surface area contributed by atoms with E-state index in [1.807, 2.05) is 13.8 Å². The van der Waals surface area contributed by atoms with E-state index < -0.39 is 12.5 Å². The van der Waals surface area contributed by atoms with Crippen molar-refractivity contribution in [2.75, 3.05) is 0 Å². The van der Waals surface area contributed by atoms with Crippen molar-refractivity contribution < 1.29 is 19.0 Å². The molecule has 0 spiro atoms. The minimum Gasteiger partial charge on any atom is -0.450 e. The molecule has 1 unspecified atom stereocenters. The molecule has 0 radical (unpaired) electrons. The number of carbonyl (C=O) groups is 1. The van der Waals surface area contributed by atoms with Crippen LogP contribution in [0.2, 0.25) is 0 Å². The summed E-state index contributed by atoms with van der Waals surface area (Å²) in [5, 5.41) is 7.62. The molecule has 0 amide bonds. The lowest BCUT2D eigenvalue weighted by Crippen LogP contribution is -2.06. The van der Waals surface area contributed by atoms with Crippen molar-refractivity contribution in [3.63, 3.8) is 0 Å². The van der Waals surface area contributed by atoms with E-state index in [4.69, 9.17) is 5.11 Å². The minimum absolute atomic E-state index is 0.994. The molecule has 3 nitrogen and oxygen atoms in total. The molecule has 0 fully saturated rings. The Labute approximate surface area is 53.4 Å². The van der Waals surface area contributed by atoms with E-state index in [-0.39, 0.29) is 0 Å². The first kappa shape index (κ1) is 11.1. The summed E-state index contributed by atoms with van der Waals surface area (Å²) in [6.07, 6.45) is -3.31. The third-order valence-electron chi connectivity index (χ3n) is 0.263. The molecule has 9 heavy (non-hydrogen) atoms. The Morgan fingerprint density at radius 2 is 2.00 bits per heavy atom. The van der Waals surface area contributed by atoms with E-state index in [0.29, 0.717) is 0 Å². The Balaban J connectivity index is 0. The average Bonchev–Trinajstić information content (AvgIpc) is 1.68. The van der Waals surface area contributed by atoms with Crippen LogP contribution in [0.15, 0.2) is 0 Å². The number of ether oxygens (including phenoxy) is 1. The van der Waals surface area contributed by atoms with Gasteiger partial charge in [-0.15, -0.1) is 0 Å². The van der Waals surface area contributed by atoms with Gasteiger partial charge < -0.3 is 9.84 Å². The van der Waals surface area contributed by atoms with Crippen molar-refractivity contribution in [1.29, 1.82) is 0 Å². The Hall–Kier alpha value is -0.800. The van der Waals surface area contributed by atoms with Crippen LogP contribution in [0.5, 0.6) is 0 Å². The van der Waals surface area contributed by atoms with Crippen molar-refractivity contribution in [2.45, 2.75) is 27.1 Å². The van der Waals surface area contributed by atoms with Gasteiger partial charge in [-0.3, -0.25) is 0 Å². The number of carboxylic acid groups (broad SMARTS) is 1. The van der Waals surface area contributed by atoms with E-state index in [9.17, 15) is 9.18 Å². The van der Waals surface area contributed by atoms with Gasteiger partial charge in [0, 0.05) is 6.92 Å². The van der Waals surface area contributed by atoms with E-state index >= 15 is 0 Å². The van der Waals surface area contributed by atoms with Crippen LogP contribution in [0, 0.1) is 0 Å². The monoisotopic (exact) mass is 138 g/mol. The quantitative estimate of drug-likeness (QED) is 0.564. The van der Waals surface area contributed by atoms with Crippen LogP contribution in [-0.2, 0) is 4.74 Å². The fourth-order valence-electron chi connectivity index (χ4n) is 0.139. The molecule has 0 aromatic rings. The van der Waals surface area contributed by atoms with Crippen molar-refractivity contribution in [1.82, 2.24) is 0 Å². The molecule has 1 atom stereocenters. The highest BCUT2D eigenvalue weighted by Gasteiger charge is 2.01. The van der Waals surface area contributed by atoms with Gasteiger partial charge in [-0.25, -0.2) is 9.18 Å². The van der Waals surface area contributed by atoms with Crippen LogP contribution in [0.4, 0.5) is 9.18 Å². The first-order chi connectivity index (χ1) is 4.13. The molecule has 56 valence electrons. The van der Waals surface area contributed by atoms with Gasteiger partial charge in [-0.05, 0) is 0 Å². The Morgan fingerprint density at radius 3 is 2.00 bits per heavy atom. The molecule has 0 aliphatic rings. The van der Waals surface area contributed by atoms with Crippen LogP contribution in [0.1, 0.15) is 20.8 Å². The summed E-state index contributed by atoms with van der Waals surface area (Å²) in [6, 6.07) is 0. The van der Waals surface area contributed by atoms with Crippen molar-refractivity contribution >= 4 is 6.16 Å². The molecule has 0 heterocycles. The van der Waals surface area contributed by atoms with Gasteiger partial charge in [-0.1, -0.05) is 13.8 Å². The van der Waals surface area contributed by atoms with Crippen molar-refractivity contribution in [2.24, 2.45) is 0 Å². The molecule has 0 saturated carbocycles. The highest BCUT2D eigenvalue weighted by Crippen LogP contribution is 1.89. The Kier molecular flexibility index (Phi) is 8.85. The molecule has 0 aliphatic carbocycles. The summed E-state index contributed by atoms with van der Waals surface area (Å²) in [5.41, 5.74) is 0. The molecule has 1 N–H and O–H groups in total. The average molecular weight is 138 g/mol. The predicted molar refractivity (Wildman–Crippen MR) is 31.0 cm³/mol. The molecular formula is C5H11FO3. The molecule has 4 heteroatoms. The highest BCUT2D eigenvalue weighted by molar-refractivity contribution is 5.56. The van der Waals surface area contributed by atoms with Gasteiger partial charge >= 0.3 is 6.16 Å². The van der Waals surface area contributed by atoms with Crippen LogP contribution < -0.4 is 0 Å². The van der Waals surface area contributed by atoms with Gasteiger partial charge in [0.15, 0.2) is 0 Å². The fraction of sp³-hybridized carbons (Fsp3) is 0.800. The van der Waals surface area contributed by atoms with E-state index in [0.717, 1.165) is 6.92 Å². The summed E-state index contributed by atoms with van der Waals surface area (Å²) >= 11 is 0. The van der Waals surface area contributed by atoms with Crippen LogP contribution in [0.3, 0.4) is 0 Å². The van der Waals surface area contributed by atoms with Gasteiger partial charge in [0.25, 0.3) is 0 Å². The third-order valence-corrected chi connectivity index (χ3v) is 0.263. The van der Waals surface area contributed by atoms with Gasteiger partial charge in [0.2, 0.25) is 6.36 Å². The van der Waals surface area contributed by atoms with E-state index in [1.165, 1.54) is 0 Å². The number of hydrogen-bond donors (Lipinski definition) is 1. The molecule has 0 aliphatic heterocycles. The maximum atomic E-state index is 11.3. The summed E-state index contributed by atoms with van der Waals surface area (Å²) < 4.78 is 14.8. The van der Waals surface area contributed by atoms with Crippen LogP contribution in [0.25, 0.3) is 0 Å². The van der Waals surface area contributed by atoms with Crippen LogP contribution >= 0.6 is 0 Å². The highest BCUT2D eigenvalue weighted by atomic mass is 19.1. The maximum absolute atomic E-state index is 11.3. The molecule has 0 aromatic carbocycles. The second kappa shape index (κ2) is 7.20. The molecule has 0 bridgehead atoms. The third kappa shape index (κ3) is 19.0. The Morgan fingerprint density at radius 1 is 1.67 bits per heavy atom. The van der Waals surface area contributed by atoms with Crippen molar-refractivity contribution in [3.8, 4) is 0 Å². The second-order valence-electron chi connectivity index (χ2n) is 0.927. The SMILES string of the molecule is CC.CC(F)OC(=O)O. The normalized spacial score (nSPS) is 10.7. The van der Waals surface area contributed by atoms with E-state index in [2.05, 4.69) is 4.74 Å². The standard InChI is InChI=1S/C3H5FO3.C2H6/c1-2(4)7-3(5)6;1-2/h2H,1H3,(H,5,6);1-2H3. The summed E-state index contributed by atoms with van der Waals surface area (Å²) in [5.74, 6) is 0. The van der Waals surface area contributed by atoms with Gasteiger partial charge in [-0.2, -0.15) is 0 Å². The summed E-state index contributed by atoms with van der Waals surface area (Å²) in [4.78, 5) is 9.35.